The highest BCUT2D eigenvalue weighted by Crippen LogP contribution is 2.20. The molecular formula is C15H18ClFN4O2. The lowest BCUT2D eigenvalue weighted by Gasteiger charge is -2.17. The predicted octanol–water partition coefficient (Wildman–Crippen LogP) is 1.78. The summed E-state index contributed by atoms with van der Waals surface area (Å²) in [6.45, 7) is 1.50. The van der Waals surface area contributed by atoms with Crippen LogP contribution in [0, 0.1) is 12.7 Å². The van der Waals surface area contributed by atoms with Gasteiger partial charge in [-0.3, -0.25) is 14.8 Å². The van der Waals surface area contributed by atoms with Gasteiger partial charge >= 0.3 is 0 Å². The minimum Gasteiger partial charge on any atom is -0.394 e. The van der Waals surface area contributed by atoms with E-state index in [-0.39, 0.29) is 24.1 Å². The molecule has 1 atom stereocenters. The normalized spacial score (nSPS) is 12.2. The van der Waals surface area contributed by atoms with Crippen LogP contribution in [-0.4, -0.2) is 33.9 Å². The Morgan fingerprint density at radius 3 is 2.78 bits per heavy atom. The number of aryl methyl sites for hydroxylation is 2. The molecule has 0 bridgehead atoms. The number of benzene rings is 1. The number of aliphatic hydroxyl groups is 1. The molecule has 1 unspecified atom stereocenters. The van der Waals surface area contributed by atoms with Gasteiger partial charge in [-0.05, 0) is 24.6 Å². The molecule has 2 aromatic rings. The van der Waals surface area contributed by atoms with Crippen molar-refractivity contribution in [3.63, 3.8) is 0 Å². The SMILES string of the molecule is Cc1cc(NC(=O)CNC(CO)c2ccc(Cl)c(F)c2)n(C)n1. The number of carbonyl (C=O) groups excluding carboxylic acids is 1. The molecule has 1 heterocycles. The zero-order valence-electron chi connectivity index (χ0n) is 12.8. The first-order valence-electron chi connectivity index (χ1n) is 7.00. The van der Waals surface area contributed by atoms with Crippen LogP contribution in [0.1, 0.15) is 17.3 Å². The number of amides is 1. The van der Waals surface area contributed by atoms with E-state index in [9.17, 15) is 14.3 Å². The van der Waals surface area contributed by atoms with Crippen LogP contribution in [0.25, 0.3) is 0 Å². The van der Waals surface area contributed by atoms with E-state index in [1.54, 1.807) is 23.9 Å². The topological polar surface area (TPSA) is 79.2 Å². The second-order valence-electron chi connectivity index (χ2n) is 5.13. The lowest BCUT2D eigenvalue weighted by Crippen LogP contribution is -2.33. The molecule has 0 spiro atoms. The maximum atomic E-state index is 13.5. The summed E-state index contributed by atoms with van der Waals surface area (Å²) in [5.74, 6) is -0.285. The van der Waals surface area contributed by atoms with Gasteiger partial charge in [0.15, 0.2) is 0 Å². The summed E-state index contributed by atoms with van der Waals surface area (Å²) in [5.41, 5.74) is 1.30. The second-order valence-corrected chi connectivity index (χ2v) is 5.54. The summed E-state index contributed by atoms with van der Waals surface area (Å²) in [7, 11) is 1.73. The molecule has 0 saturated carbocycles. The van der Waals surface area contributed by atoms with Crippen molar-refractivity contribution in [1.82, 2.24) is 15.1 Å². The van der Waals surface area contributed by atoms with Gasteiger partial charge in [-0.2, -0.15) is 5.10 Å². The lowest BCUT2D eigenvalue weighted by molar-refractivity contribution is -0.115. The van der Waals surface area contributed by atoms with Crippen molar-refractivity contribution in [1.29, 1.82) is 0 Å². The minimum atomic E-state index is -0.570. The number of hydrogen-bond donors (Lipinski definition) is 3. The maximum absolute atomic E-state index is 13.5. The van der Waals surface area contributed by atoms with Crippen molar-refractivity contribution in [3.8, 4) is 0 Å². The molecule has 3 N–H and O–H groups in total. The number of aliphatic hydroxyl groups excluding tert-OH is 1. The van der Waals surface area contributed by atoms with E-state index >= 15 is 0 Å². The van der Waals surface area contributed by atoms with Crippen molar-refractivity contribution in [2.75, 3.05) is 18.5 Å². The number of aromatic nitrogens is 2. The number of carbonyl (C=O) groups is 1. The standard InChI is InChI=1S/C15H18ClFN4O2/c1-9-5-14(21(2)20-9)19-15(23)7-18-13(8-22)10-3-4-11(16)12(17)6-10/h3-6,13,18,22H,7-8H2,1-2H3,(H,19,23). The van der Waals surface area contributed by atoms with Gasteiger partial charge in [-0.25, -0.2) is 4.39 Å². The first-order chi connectivity index (χ1) is 10.9. The Morgan fingerprint density at radius 1 is 1.48 bits per heavy atom. The quantitative estimate of drug-likeness (QED) is 0.749. The number of rotatable bonds is 6. The Hall–Kier alpha value is -1.96. The molecule has 1 aromatic carbocycles. The van der Waals surface area contributed by atoms with Crippen molar-refractivity contribution < 1.29 is 14.3 Å². The summed E-state index contributed by atoms with van der Waals surface area (Å²) < 4.78 is 15.0. The summed E-state index contributed by atoms with van der Waals surface area (Å²) in [6, 6.07) is 5.42. The lowest BCUT2D eigenvalue weighted by atomic mass is 10.1. The summed E-state index contributed by atoms with van der Waals surface area (Å²) >= 11 is 5.63. The van der Waals surface area contributed by atoms with Gasteiger partial charge in [0.1, 0.15) is 11.6 Å². The third kappa shape index (κ3) is 4.51. The molecule has 0 aliphatic rings. The molecule has 1 amide bonds. The van der Waals surface area contributed by atoms with Gasteiger partial charge in [-0.15, -0.1) is 0 Å². The Bertz CT molecular complexity index is 705. The molecule has 8 heteroatoms. The summed E-state index contributed by atoms with van der Waals surface area (Å²) in [6.07, 6.45) is 0. The average Bonchev–Trinajstić information content (AvgIpc) is 2.81. The van der Waals surface area contributed by atoms with Crippen molar-refractivity contribution in [2.24, 2.45) is 7.05 Å². The van der Waals surface area contributed by atoms with E-state index in [4.69, 9.17) is 11.6 Å². The van der Waals surface area contributed by atoms with Gasteiger partial charge in [0.05, 0.1) is 29.9 Å². The van der Waals surface area contributed by atoms with Crippen LogP contribution in [0.15, 0.2) is 24.3 Å². The molecule has 124 valence electrons. The highest BCUT2D eigenvalue weighted by Gasteiger charge is 2.14. The number of nitrogens with one attached hydrogen (secondary N) is 2. The molecule has 0 aliphatic heterocycles. The van der Waals surface area contributed by atoms with Crippen LogP contribution >= 0.6 is 11.6 Å². The average molecular weight is 341 g/mol. The van der Waals surface area contributed by atoms with Crippen LogP contribution in [0.4, 0.5) is 10.2 Å². The highest BCUT2D eigenvalue weighted by atomic mass is 35.5. The van der Waals surface area contributed by atoms with Gasteiger partial charge in [0, 0.05) is 13.1 Å². The Balaban J connectivity index is 1.95. The van der Waals surface area contributed by atoms with E-state index in [2.05, 4.69) is 15.7 Å². The summed E-state index contributed by atoms with van der Waals surface area (Å²) in [5, 5.41) is 19.1. The van der Waals surface area contributed by atoms with Crippen molar-refractivity contribution in [2.45, 2.75) is 13.0 Å². The zero-order chi connectivity index (χ0) is 17.0. The first-order valence-corrected chi connectivity index (χ1v) is 7.38. The predicted molar refractivity (Wildman–Crippen MR) is 85.8 cm³/mol. The Kier molecular flexibility index (Phi) is 5.70. The first kappa shape index (κ1) is 17.4. The third-order valence-corrected chi connectivity index (χ3v) is 3.61. The molecule has 0 radical (unpaired) electrons. The van der Waals surface area contributed by atoms with E-state index < -0.39 is 11.9 Å². The molecular weight excluding hydrogens is 323 g/mol. The van der Waals surface area contributed by atoms with Crippen LogP contribution in [0.2, 0.25) is 5.02 Å². The fourth-order valence-electron chi connectivity index (χ4n) is 2.15. The minimum absolute atomic E-state index is 0.00904. The second kappa shape index (κ2) is 7.54. The molecule has 0 saturated heterocycles. The number of halogens is 2. The van der Waals surface area contributed by atoms with Crippen LogP contribution in [0.5, 0.6) is 0 Å². The van der Waals surface area contributed by atoms with E-state index in [1.807, 2.05) is 6.92 Å². The van der Waals surface area contributed by atoms with E-state index in [1.165, 1.54) is 12.1 Å². The smallest absolute Gasteiger partial charge is 0.239 e. The van der Waals surface area contributed by atoms with Crippen LogP contribution < -0.4 is 10.6 Å². The Morgan fingerprint density at radius 2 is 2.22 bits per heavy atom. The van der Waals surface area contributed by atoms with E-state index in [0.717, 1.165) is 5.69 Å². The summed E-state index contributed by atoms with van der Waals surface area (Å²) in [4.78, 5) is 12.0. The van der Waals surface area contributed by atoms with Crippen LogP contribution in [-0.2, 0) is 11.8 Å². The number of nitrogens with zero attached hydrogens (tertiary/aromatic N) is 2. The fourth-order valence-corrected chi connectivity index (χ4v) is 2.27. The molecule has 6 nitrogen and oxygen atoms in total. The Labute approximate surface area is 138 Å². The van der Waals surface area contributed by atoms with Crippen molar-refractivity contribution >= 4 is 23.3 Å². The molecule has 1 aromatic heterocycles. The van der Waals surface area contributed by atoms with E-state index in [0.29, 0.717) is 11.4 Å². The fraction of sp³-hybridized carbons (Fsp3) is 0.333. The maximum Gasteiger partial charge on any atom is 0.239 e. The largest absolute Gasteiger partial charge is 0.394 e. The van der Waals surface area contributed by atoms with Crippen LogP contribution in [0.3, 0.4) is 0 Å². The number of hydrogen-bond acceptors (Lipinski definition) is 4. The molecule has 23 heavy (non-hydrogen) atoms. The van der Waals surface area contributed by atoms with Gasteiger partial charge in [0.25, 0.3) is 0 Å². The number of anilines is 1. The molecule has 2 rings (SSSR count). The third-order valence-electron chi connectivity index (χ3n) is 3.31. The molecule has 0 aliphatic carbocycles. The van der Waals surface area contributed by atoms with Gasteiger partial charge in [-0.1, -0.05) is 17.7 Å². The van der Waals surface area contributed by atoms with Crippen molar-refractivity contribution in [3.05, 3.63) is 46.4 Å². The molecule has 0 fully saturated rings. The zero-order valence-corrected chi connectivity index (χ0v) is 13.6. The van der Waals surface area contributed by atoms with Gasteiger partial charge < -0.3 is 10.4 Å². The highest BCUT2D eigenvalue weighted by molar-refractivity contribution is 6.30. The monoisotopic (exact) mass is 340 g/mol. The van der Waals surface area contributed by atoms with Gasteiger partial charge in [0.2, 0.25) is 5.91 Å².